The number of aromatic nitrogens is 1. The van der Waals surface area contributed by atoms with E-state index in [0.29, 0.717) is 16.6 Å². The molecule has 0 unspecified atom stereocenters. The van der Waals surface area contributed by atoms with Crippen molar-refractivity contribution in [2.45, 2.75) is 45.2 Å². The van der Waals surface area contributed by atoms with Crippen LogP contribution in [0.15, 0.2) is 24.4 Å². The van der Waals surface area contributed by atoms with Gasteiger partial charge in [-0.15, -0.1) is 0 Å². The molecule has 1 aliphatic carbocycles. The number of amides is 3. The molecule has 6 nitrogen and oxygen atoms in total. The number of para-hydroxylation sites is 1. The normalized spacial score (nSPS) is 15.3. The summed E-state index contributed by atoms with van der Waals surface area (Å²) in [5, 5.41) is 8.53. The molecular formula is C18H22F2N4O2. The fourth-order valence-electron chi connectivity index (χ4n) is 2.77. The van der Waals surface area contributed by atoms with Crippen molar-refractivity contribution in [1.82, 2.24) is 15.6 Å². The number of fused-ring (bicyclic) bond motifs is 1. The van der Waals surface area contributed by atoms with E-state index in [1.54, 1.807) is 32.0 Å². The molecule has 1 aromatic heterocycles. The fraction of sp³-hybridized carbons (Fsp3) is 0.444. The van der Waals surface area contributed by atoms with E-state index in [0.717, 1.165) is 12.8 Å². The molecule has 0 bridgehead atoms. The molecule has 3 rings (SSSR count). The van der Waals surface area contributed by atoms with Gasteiger partial charge >= 0.3 is 6.03 Å². The lowest BCUT2D eigenvalue weighted by molar-refractivity contribution is 0.0630. The quantitative estimate of drug-likeness (QED) is 0.633. The van der Waals surface area contributed by atoms with Crippen molar-refractivity contribution >= 4 is 28.5 Å². The minimum Gasteiger partial charge on any atom is -0.359 e. The van der Waals surface area contributed by atoms with Crippen LogP contribution in [0.4, 0.5) is 19.3 Å². The molecule has 1 atom stereocenters. The lowest BCUT2D eigenvalue weighted by atomic mass is 10.0. The topological polar surface area (TPSA) is 86.0 Å². The summed E-state index contributed by atoms with van der Waals surface area (Å²) >= 11 is 0. The average molecular weight is 364 g/mol. The Morgan fingerprint density at radius 2 is 1.96 bits per heavy atom. The predicted molar refractivity (Wildman–Crippen MR) is 95.6 cm³/mol. The zero-order valence-corrected chi connectivity index (χ0v) is 14.6. The van der Waals surface area contributed by atoms with Gasteiger partial charge in [-0.1, -0.05) is 26.0 Å². The Morgan fingerprint density at radius 3 is 2.58 bits per heavy atom. The second-order valence-corrected chi connectivity index (χ2v) is 6.88. The number of carbonyl (C=O) groups is 2. The van der Waals surface area contributed by atoms with Gasteiger partial charge in [-0.3, -0.25) is 4.79 Å². The molecule has 0 saturated heterocycles. The molecule has 26 heavy (non-hydrogen) atoms. The minimum absolute atomic E-state index is 0.224. The molecular weight excluding hydrogens is 342 g/mol. The second kappa shape index (κ2) is 7.31. The highest BCUT2D eigenvalue weighted by Gasteiger charge is 2.27. The van der Waals surface area contributed by atoms with E-state index in [1.165, 1.54) is 6.20 Å². The Labute approximate surface area is 149 Å². The van der Waals surface area contributed by atoms with E-state index < -0.39 is 24.3 Å². The first-order chi connectivity index (χ1) is 12.4. The Balaban J connectivity index is 1.80. The molecule has 140 valence electrons. The van der Waals surface area contributed by atoms with E-state index in [-0.39, 0.29) is 17.6 Å². The van der Waals surface area contributed by atoms with Gasteiger partial charge in [-0.05, 0) is 24.8 Å². The second-order valence-electron chi connectivity index (χ2n) is 6.88. The van der Waals surface area contributed by atoms with Gasteiger partial charge in [0.2, 0.25) is 0 Å². The maximum absolute atomic E-state index is 13.1. The van der Waals surface area contributed by atoms with Crippen molar-refractivity contribution < 1.29 is 18.4 Å². The number of anilines is 1. The Hall–Kier alpha value is -2.64. The number of H-pyrrole nitrogens is 1. The number of benzene rings is 1. The van der Waals surface area contributed by atoms with Gasteiger partial charge in [0.15, 0.2) is 0 Å². The largest absolute Gasteiger partial charge is 0.359 e. The van der Waals surface area contributed by atoms with E-state index in [2.05, 4.69) is 20.9 Å². The zero-order chi connectivity index (χ0) is 18.8. The summed E-state index contributed by atoms with van der Waals surface area (Å²) in [5.41, 5.74) is 1.35. The van der Waals surface area contributed by atoms with Gasteiger partial charge in [-0.2, -0.15) is 0 Å². The Kier molecular flexibility index (Phi) is 5.11. The molecule has 1 aromatic carbocycles. The summed E-state index contributed by atoms with van der Waals surface area (Å²) < 4.78 is 26.2. The third-order valence-corrected chi connectivity index (χ3v) is 4.41. The number of urea groups is 1. The van der Waals surface area contributed by atoms with Crippen LogP contribution in [0.3, 0.4) is 0 Å². The summed E-state index contributed by atoms with van der Waals surface area (Å²) in [6.07, 6.45) is 0.775. The van der Waals surface area contributed by atoms with E-state index in [1.807, 2.05) is 0 Å². The van der Waals surface area contributed by atoms with Crippen molar-refractivity contribution in [3.05, 3.63) is 30.0 Å². The molecule has 1 saturated carbocycles. The van der Waals surface area contributed by atoms with E-state index in [9.17, 15) is 18.4 Å². The molecule has 0 aliphatic heterocycles. The standard InChI is InChI=1S/C18H22F2N4O2/c1-9(2)14(16(19)20)24-17(25)12-8-21-15-11(12)4-3-5-13(15)23-18(26)22-10-6-7-10/h3-5,8-10,14,16,21H,6-7H2,1-2H3,(H,24,25)(H2,22,23,26)/t14-/m1/s1. The molecule has 2 aromatic rings. The summed E-state index contributed by atoms with van der Waals surface area (Å²) in [6.45, 7) is 3.26. The van der Waals surface area contributed by atoms with Crippen molar-refractivity contribution in [3.8, 4) is 0 Å². The maximum atomic E-state index is 13.1. The lowest BCUT2D eigenvalue weighted by Gasteiger charge is -2.21. The number of halogens is 2. The van der Waals surface area contributed by atoms with E-state index in [4.69, 9.17) is 0 Å². The number of carbonyl (C=O) groups excluding carboxylic acids is 2. The molecule has 8 heteroatoms. The molecule has 3 amide bonds. The first-order valence-electron chi connectivity index (χ1n) is 8.63. The van der Waals surface area contributed by atoms with Gasteiger partial charge in [0.25, 0.3) is 12.3 Å². The van der Waals surface area contributed by atoms with Gasteiger partial charge in [0.1, 0.15) is 0 Å². The van der Waals surface area contributed by atoms with Crippen molar-refractivity contribution in [3.63, 3.8) is 0 Å². The number of alkyl halides is 2. The summed E-state index contributed by atoms with van der Waals surface area (Å²) in [5.74, 6) is -0.970. The number of hydrogen-bond donors (Lipinski definition) is 4. The van der Waals surface area contributed by atoms with E-state index >= 15 is 0 Å². The van der Waals surface area contributed by atoms with Crippen LogP contribution in [-0.4, -0.2) is 35.4 Å². The highest BCUT2D eigenvalue weighted by atomic mass is 19.3. The van der Waals surface area contributed by atoms with Crippen molar-refractivity contribution in [1.29, 1.82) is 0 Å². The van der Waals surface area contributed by atoms with Crippen LogP contribution >= 0.6 is 0 Å². The number of rotatable bonds is 6. The summed E-state index contributed by atoms with van der Waals surface area (Å²) in [7, 11) is 0. The fourth-order valence-corrected chi connectivity index (χ4v) is 2.77. The van der Waals surface area contributed by atoms with Gasteiger partial charge in [-0.25, -0.2) is 13.6 Å². The third-order valence-electron chi connectivity index (χ3n) is 4.41. The molecule has 1 fully saturated rings. The SMILES string of the molecule is CC(C)[C@@H](NC(=O)c1c[nH]c2c(NC(=O)NC3CC3)cccc12)C(F)F. The first kappa shape index (κ1) is 18.2. The van der Waals surface area contributed by atoms with Gasteiger partial charge in [0.05, 0.1) is 22.8 Å². The summed E-state index contributed by atoms with van der Waals surface area (Å²) in [4.78, 5) is 27.4. The van der Waals surface area contributed by atoms with Crippen LogP contribution in [0.25, 0.3) is 10.9 Å². The highest BCUT2D eigenvalue weighted by Crippen LogP contribution is 2.26. The third kappa shape index (κ3) is 3.95. The smallest absolute Gasteiger partial charge is 0.319 e. The first-order valence-corrected chi connectivity index (χ1v) is 8.63. The lowest BCUT2D eigenvalue weighted by Crippen LogP contribution is -2.43. The molecule has 4 N–H and O–H groups in total. The number of hydrogen-bond acceptors (Lipinski definition) is 2. The highest BCUT2D eigenvalue weighted by molar-refractivity contribution is 6.11. The van der Waals surface area contributed by atoms with Crippen LogP contribution < -0.4 is 16.0 Å². The van der Waals surface area contributed by atoms with Gasteiger partial charge in [0, 0.05) is 17.6 Å². The number of nitrogens with one attached hydrogen (secondary N) is 4. The van der Waals surface area contributed by atoms with Crippen molar-refractivity contribution in [2.75, 3.05) is 5.32 Å². The van der Waals surface area contributed by atoms with Crippen LogP contribution in [-0.2, 0) is 0 Å². The maximum Gasteiger partial charge on any atom is 0.319 e. The molecule has 0 spiro atoms. The van der Waals surface area contributed by atoms with Crippen LogP contribution in [0.2, 0.25) is 0 Å². The average Bonchev–Trinajstić information content (AvgIpc) is 3.26. The Bertz CT molecular complexity index is 807. The van der Waals surface area contributed by atoms with Crippen LogP contribution in [0.1, 0.15) is 37.0 Å². The molecule has 0 radical (unpaired) electrons. The minimum atomic E-state index is -2.65. The van der Waals surface area contributed by atoms with Gasteiger partial charge < -0.3 is 20.9 Å². The van der Waals surface area contributed by atoms with Crippen LogP contribution in [0.5, 0.6) is 0 Å². The monoisotopic (exact) mass is 364 g/mol. The van der Waals surface area contributed by atoms with Crippen LogP contribution in [0, 0.1) is 5.92 Å². The Morgan fingerprint density at radius 1 is 1.23 bits per heavy atom. The van der Waals surface area contributed by atoms with Crippen molar-refractivity contribution in [2.24, 2.45) is 5.92 Å². The molecule has 1 aliphatic rings. The zero-order valence-electron chi connectivity index (χ0n) is 14.6. The molecule has 1 heterocycles. The predicted octanol–water partition coefficient (Wildman–Crippen LogP) is 3.47. The number of aromatic amines is 1. The summed E-state index contributed by atoms with van der Waals surface area (Å²) in [6, 6.07) is 3.81.